The Kier molecular flexibility index (Phi) is 4.36. The van der Waals surface area contributed by atoms with E-state index in [0.29, 0.717) is 11.1 Å². The number of aryl methyl sites for hydroxylation is 1. The Bertz CT molecular complexity index is 879. The SMILES string of the molecule is Cc1ccc(C#Cc2ccccc2C(=O)c2ccccc2)cc1. The van der Waals surface area contributed by atoms with E-state index in [-0.39, 0.29) is 5.78 Å². The van der Waals surface area contributed by atoms with Gasteiger partial charge in [-0.2, -0.15) is 0 Å². The van der Waals surface area contributed by atoms with E-state index in [9.17, 15) is 4.79 Å². The van der Waals surface area contributed by atoms with Gasteiger partial charge in [0, 0.05) is 22.3 Å². The predicted molar refractivity (Wildman–Crippen MR) is 93.5 cm³/mol. The molecule has 3 aromatic rings. The van der Waals surface area contributed by atoms with Crippen molar-refractivity contribution < 1.29 is 4.79 Å². The number of rotatable bonds is 2. The van der Waals surface area contributed by atoms with Gasteiger partial charge in [0.2, 0.25) is 0 Å². The highest BCUT2D eigenvalue weighted by molar-refractivity contribution is 6.10. The van der Waals surface area contributed by atoms with E-state index < -0.39 is 0 Å². The Balaban J connectivity index is 1.96. The Labute approximate surface area is 136 Å². The molecule has 0 heterocycles. The van der Waals surface area contributed by atoms with Gasteiger partial charge in [0.25, 0.3) is 0 Å². The summed E-state index contributed by atoms with van der Waals surface area (Å²) in [5.74, 6) is 6.26. The molecule has 0 atom stereocenters. The molecule has 0 aromatic heterocycles. The summed E-state index contributed by atoms with van der Waals surface area (Å²) in [4.78, 5) is 12.7. The molecule has 3 aromatic carbocycles. The van der Waals surface area contributed by atoms with Crippen LogP contribution >= 0.6 is 0 Å². The van der Waals surface area contributed by atoms with Crippen LogP contribution in [0.15, 0.2) is 78.9 Å². The maximum atomic E-state index is 12.7. The van der Waals surface area contributed by atoms with Crippen LogP contribution < -0.4 is 0 Å². The summed E-state index contributed by atoms with van der Waals surface area (Å²) in [5.41, 5.74) is 4.21. The summed E-state index contributed by atoms with van der Waals surface area (Å²) in [5, 5.41) is 0. The highest BCUT2D eigenvalue weighted by Crippen LogP contribution is 2.14. The summed E-state index contributed by atoms with van der Waals surface area (Å²) in [6.45, 7) is 2.05. The molecular weight excluding hydrogens is 280 g/mol. The lowest BCUT2D eigenvalue weighted by atomic mass is 9.98. The zero-order chi connectivity index (χ0) is 16.1. The maximum Gasteiger partial charge on any atom is 0.194 e. The molecule has 0 aliphatic heterocycles. The van der Waals surface area contributed by atoms with Gasteiger partial charge in [-0.1, -0.05) is 72.0 Å². The largest absolute Gasteiger partial charge is 0.289 e. The molecule has 0 saturated carbocycles. The topological polar surface area (TPSA) is 17.1 Å². The van der Waals surface area contributed by atoms with Gasteiger partial charge >= 0.3 is 0 Å². The Hall–Kier alpha value is -3.11. The van der Waals surface area contributed by atoms with Gasteiger partial charge in [-0.15, -0.1) is 0 Å². The number of ketones is 1. The molecule has 0 fully saturated rings. The molecule has 0 N–H and O–H groups in total. The van der Waals surface area contributed by atoms with Gasteiger partial charge < -0.3 is 0 Å². The summed E-state index contributed by atoms with van der Waals surface area (Å²) >= 11 is 0. The van der Waals surface area contributed by atoms with Crippen molar-refractivity contribution in [3.05, 3.63) is 107 Å². The van der Waals surface area contributed by atoms with Gasteiger partial charge in [-0.3, -0.25) is 4.79 Å². The summed E-state index contributed by atoms with van der Waals surface area (Å²) in [6.07, 6.45) is 0. The highest BCUT2D eigenvalue weighted by atomic mass is 16.1. The van der Waals surface area contributed by atoms with Crippen molar-refractivity contribution in [3.63, 3.8) is 0 Å². The summed E-state index contributed by atoms with van der Waals surface area (Å²) in [6, 6.07) is 24.8. The molecule has 0 radical (unpaired) electrons. The molecule has 0 saturated heterocycles. The van der Waals surface area contributed by atoms with Crippen molar-refractivity contribution >= 4 is 5.78 Å². The van der Waals surface area contributed by atoms with E-state index in [1.807, 2.05) is 85.8 Å². The van der Waals surface area contributed by atoms with E-state index in [4.69, 9.17) is 0 Å². The van der Waals surface area contributed by atoms with Crippen LogP contribution in [0.3, 0.4) is 0 Å². The van der Waals surface area contributed by atoms with Crippen LogP contribution in [0.2, 0.25) is 0 Å². The molecule has 23 heavy (non-hydrogen) atoms. The van der Waals surface area contributed by atoms with E-state index in [2.05, 4.69) is 11.8 Å². The normalized spacial score (nSPS) is 9.78. The second kappa shape index (κ2) is 6.77. The van der Waals surface area contributed by atoms with Crippen molar-refractivity contribution in [3.8, 4) is 11.8 Å². The van der Waals surface area contributed by atoms with Gasteiger partial charge in [0.15, 0.2) is 5.78 Å². The lowest BCUT2D eigenvalue weighted by Gasteiger charge is -2.03. The molecular formula is C22H16O. The van der Waals surface area contributed by atoms with Crippen LogP contribution in [0.1, 0.15) is 32.6 Å². The highest BCUT2D eigenvalue weighted by Gasteiger charge is 2.11. The first kappa shape index (κ1) is 14.8. The van der Waals surface area contributed by atoms with Crippen molar-refractivity contribution in [2.24, 2.45) is 0 Å². The first-order valence-electron chi connectivity index (χ1n) is 7.51. The van der Waals surface area contributed by atoms with Crippen molar-refractivity contribution in [1.82, 2.24) is 0 Å². The van der Waals surface area contributed by atoms with Crippen LogP contribution in [0, 0.1) is 18.8 Å². The van der Waals surface area contributed by atoms with Crippen molar-refractivity contribution in [1.29, 1.82) is 0 Å². The van der Waals surface area contributed by atoms with Crippen LogP contribution in [0.4, 0.5) is 0 Å². The maximum absolute atomic E-state index is 12.7. The van der Waals surface area contributed by atoms with E-state index >= 15 is 0 Å². The zero-order valence-corrected chi connectivity index (χ0v) is 12.9. The van der Waals surface area contributed by atoms with Gasteiger partial charge in [-0.25, -0.2) is 0 Å². The lowest BCUT2D eigenvalue weighted by Crippen LogP contribution is -2.03. The fourth-order valence-corrected chi connectivity index (χ4v) is 2.31. The molecule has 0 aliphatic carbocycles. The standard InChI is InChI=1S/C22H16O/c1-17-11-13-18(14-12-17)15-16-19-7-5-6-10-21(19)22(23)20-8-3-2-4-9-20/h2-14H,1H3. The summed E-state index contributed by atoms with van der Waals surface area (Å²) < 4.78 is 0. The predicted octanol–water partition coefficient (Wildman–Crippen LogP) is 4.63. The fourth-order valence-electron chi connectivity index (χ4n) is 2.31. The monoisotopic (exact) mass is 296 g/mol. The first-order valence-corrected chi connectivity index (χ1v) is 7.51. The van der Waals surface area contributed by atoms with Crippen LogP contribution in [0.25, 0.3) is 0 Å². The third-order valence-corrected chi connectivity index (χ3v) is 3.60. The zero-order valence-electron chi connectivity index (χ0n) is 12.9. The van der Waals surface area contributed by atoms with Gasteiger partial charge in [0.05, 0.1) is 0 Å². The second-order valence-electron chi connectivity index (χ2n) is 5.36. The molecule has 0 spiro atoms. The van der Waals surface area contributed by atoms with Crippen molar-refractivity contribution in [2.75, 3.05) is 0 Å². The van der Waals surface area contributed by atoms with E-state index in [1.54, 1.807) is 0 Å². The number of carbonyl (C=O) groups excluding carboxylic acids is 1. The minimum Gasteiger partial charge on any atom is -0.289 e. The molecule has 0 aliphatic rings. The quantitative estimate of drug-likeness (QED) is 0.498. The molecule has 3 rings (SSSR count). The molecule has 110 valence electrons. The number of benzene rings is 3. The molecule has 1 heteroatoms. The number of carbonyl (C=O) groups is 1. The minimum absolute atomic E-state index is 0.000550. The number of hydrogen-bond acceptors (Lipinski definition) is 1. The van der Waals surface area contributed by atoms with Gasteiger partial charge in [-0.05, 0) is 31.2 Å². The lowest BCUT2D eigenvalue weighted by molar-refractivity contribution is 0.103. The van der Waals surface area contributed by atoms with Crippen LogP contribution in [-0.2, 0) is 0 Å². The molecule has 1 nitrogen and oxygen atoms in total. The smallest absolute Gasteiger partial charge is 0.194 e. The average Bonchev–Trinajstić information content (AvgIpc) is 2.62. The molecule has 0 bridgehead atoms. The van der Waals surface area contributed by atoms with E-state index in [0.717, 1.165) is 11.1 Å². The fraction of sp³-hybridized carbons (Fsp3) is 0.0455. The van der Waals surface area contributed by atoms with Crippen LogP contribution in [-0.4, -0.2) is 5.78 Å². The Morgan fingerprint density at radius 1 is 0.739 bits per heavy atom. The van der Waals surface area contributed by atoms with Crippen molar-refractivity contribution in [2.45, 2.75) is 6.92 Å². The molecule has 0 amide bonds. The second-order valence-corrected chi connectivity index (χ2v) is 5.36. The first-order chi connectivity index (χ1) is 11.2. The third-order valence-electron chi connectivity index (χ3n) is 3.60. The summed E-state index contributed by atoms with van der Waals surface area (Å²) in [7, 11) is 0. The van der Waals surface area contributed by atoms with Gasteiger partial charge in [0.1, 0.15) is 0 Å². The minimum atomic E-state index is -0.000550. The number of hydrogen-bond donors (Lipinski definition) is 0. The van der Waals surface area contributed by atoms with Crippen LogP contribution in [0.5, 0.6) is 0 Å². The Morgan fingerprint density at radius 2 is 1.39 bits per heavy atom. The van der Waals surface area contributed by atoms with E-state index in [1.165, 1.54) is 5.56 Å². The average molecular weight is 296 g/mol. The molecule has 0 unspecified atom stereocenters. The third kappa shape index (κ3) is 3.56. The Morgan fingerprint density at radius 3 is 2.13 bits per heavy atom.